The van der Waals surface area contributed by atoms with Gasteiger partial charge in [0.15, 0.2) is 5.82 Å². The van der Waals surface area contributed by atoms with E-state index in [0.29, 0.717) is 0 Å². The molecule has 0 radical (unpaired) electrons. The minimum Gasteiger partial charge on any atom is -0.398 e. The van der Waals surface area contributed by atoms with Crippen molar-refractivity contribution < 1.29 is 13.6 Å². The van der Waals surface area contributed by atoms with Crippen molar-refractivity contribution >= 4 is 40.5 Å². The fourth-order valence-corrected chi connectivity index (χ4v) is 2.15. The molecule has 2 aromatic rings. The lowest BCUT2D eigenvalue weighted by Gasteiger charge is -2.09. The molecular weight excluding hydrogens is 321 g/mol. The van der Waals surface area contributed by atoms with E-state index in [0.717, 1.165) is 6.07 Å². The van der Waals surface area contributed by atoms with Gasteiger partial charge < -0.3 is 11.1 Å². The second kappa shape index (κ2) is 5.87. The molecule has 0 fully saturated rings. The van der Waals surface area contributed by atoms with Crippen LogP contribution < -0.4 is 11.1 Å². The van der Waals surface area contributed by atoms with Crippen molar-refractivity contribution in [2.75, 3.05) is 11.1 Å². The van der Waals surface area contributed by atoms with Crippen LogP contribution in [0.5, 0.6) is 0 Å². The average Bonchev–Trinajstić information content (AvgIpc) is 2.41. The number of benzene rings is 2. The van der Waals surface area contributed by atoms with Crippen LogP contribution in [0.25, 0.3) is 0 Å². The normalized spacial score (nSPS) is 10.5. The van der Waals surface area contributed by atoms with Crippen LogP contribution in [0, 0.1) is 18.6 Å². The number of nitrogens with one attached hydrogen (secondary N) is 1. The number of nitrogens with two attached hydrogens (primary N) is 1. The summed E-state index contributed by atoms with van der Waals surface area (Å²) in [5, 5.41) is 1.99. The first-order chi connectivity index (χ1) is 9.79. The number of carbonyl (C=O) groups excluding carboxylic acids is 1. The van der Waals surface area contributed by atoms with Crippen molar-refractivity contribution in [1.82, 2.24) is 0 Å². The van der Waals surface area contributed by atoms with Crippen molar-refractivity contribution in [3.05, 3.63) is 57.1 Å². The highest BCUT2D eigenvalue weighted by molar-refractivity contribution is 6.35. The number of rotatable bonds is 2. The van der Waals surface area contributed by atoms with E-state index in [1.165, 1.54) is 25.1 Å². The zero-order valence-electron chi connectivity index (χ0n) is 10.8. The maximum absolute atomic E-state index is 13.6. The minimum absolute atomic E-state index is 0.0344. The molecule has 2 rings (SSSR count). The van der Waals surface area contributed by atoms with Gasteiger partial charge in [-0.25, -0.2) is 8.78 Å². The third-order valence-electron chi connectivity index (χ3n) is 2.89. The van der Waals surface area contributed by atoms with Gasteiger partial charge in [-0.15, -0.1) is 0 Å². The van der Waals surface area contributed by atoms with Gasteiger partial charge in [-0.1, -0.05) is 23.2 Å². The Kier molecular flexibility index (Phi) is 4.34. The van der Waals surface area contributed by atoms with E-state index >= 15 is 0 Å². The summed E-state index contributed by atoms with van der Waals surface area (Å²) in [6, 6.07) is 4.82. The number of carbonyl (C=O) groups is 1. The monoisotopic (exact) mass is 330 g/mol. The molecule has 0 unspecified atom stereocenters. The van der Waals surface area contributed by atoms with Crippen molar-refractivity contribution in [2.24, 2.45) is 0 Å². The van der Waals surface area contributed by atoms with Gasteiger partial charge in [-0.2, -0.15) is 0 Å². The average molecular weight is 331 g/mol. The lowest BCUT2D eigenvalue weighted by molar-refractivity contribution is 0.102. The molecule has 3 nitrogen and oxygen atoms in total. The Balaban J connectivity index is 2.30. The zero-order chi connectivity index (χ0) is 15.7. The molecule has 3 N–H and O–H groups in total. The van der Waals surface area contributed by atoms with Crippen LogP contribution in [0.15, 0.2) is 24.3 Å². The topological polar surface area (TPSA) is 55.1 Å². The van der Waals surface area contributed by atoms with Crippen molar-refractivity contribution in [1.29, 1.82) is 0 Å². The van der Waals surface area contributed by atoms with E-state index in [1.807, 2.05) is 0 Å². The van der Waals surface area contributed by atoms with Crippen LogP contribution in [0.4, 0.5) is 20.2 Å². The summed E-state index contributed by atoms with van der Waals surface area (Å²) in [4.78, 5) is 12.0. The first kappa shape index (κ1) is 15.5. The fourth-order valence-electron chi connectivity index (χ4n) is 1.66. The lowest BCUT2D eigenvalue weighted by Crippen LogP contribution is -2.13. The molecule has 2 aromatic carbocycles. The molecule has 0 aliphatic carbocycles. The Bertz CT molecular complexity index is 689. The third kappa shape index (κ3) is 3.25. The maximum Gasteiger partial charge on any atom is 0.255 e. The summed E-state index contributed by atoms with van der Waals surface area (Å²) in [7, 11) is 0. The van der Waals surface area contributed by atoms with Crippen molar-refractivity contribution in [3.63, 3.8) is 0 Å². The summed E-state index contributed by atoms with van der Waals surface area (Å²) in [5.41, 5.74) is 6.26. The standard InChI is InChI=1S/C14H10Cl2F2N2O/c1-6-11(17)2-7(3-12(6)19)14(21)20-8-4-9(15)13(18)10(16)5-8/h2-5H,19H2,1H3,(H,20,21). The quantitative estimate of drug-likeness (QED) is 0.632. The molecule has 0 saturated heterocycles. The smallest absolute Gasteiger partial charge is 0.255 e. The molecule has 0 heterocycles. The molecular formula is C14H10Cl2F2N2O. The Hall–Kier alpha value is -1.85. The van der Waals surface area contributed by atoms with Gasteiger partial charge >= 0.3 is 0 Å². The Labute approximate surface area is 129 Å². The van der Waals surface area contributed by atoms with Gasteiger partial charge in [-0.3, -0.25) is 4.79 Å². The van der Waals surface area contributed by atoms with Crippen LogP contribution in [0.2, 0.25) is 10.0 Å². The molecule has 0 spiro atoms. The molecule has 7 heteroatoms. The molecule has 0 atom stereocenters. The first-order valence-electron chi connectivity index (χ1n) is 5.81. The van der Waals surface area contributed by atoms with Crippen molar-refractivity contribution in [2.45, 2.75) is 6.92 Å². The zero-order valence-corrected chi connectivity index (χ0v) is 12.3. The number of anilines is 2. The predicted molar refractivity (Wildman–Crippen MR) is 79.9 cm³/mol. The van der Waals surface area contributed by atoms with Gasteiger partial charge in [0.1, 0.15) is 5.82 Å². The second-order valence-electron chi connectivity index (χ2n) is 4.38. The van der Waals surface area contributed by atoms with Gasteiger partial charge in [0.25, 0.3) is 5.91 Å². The van der Waals surface area contributed by atoms with Gasteiger partial charge in [0, 0.05) is 22.5 Å². The van der Waals surface area contributed by atoms with Crippen LogP contribution in [-0.4, -0.2) is 5.91 Å². The molecule has 110 valence electrons. The molecule has 1 amide bonds. The lowest BCUT2D eigenvalue weighted by atomic mass is 10.1. The summed E-state index contributed by atoms with van der Waals surface area (Å²) in [6.07, 6.45) is 0. The largest absolute Gasteiger partial charge is 0.398 e. The summed E-state index contributed by atoms with van der Waals surface area (Å²) in [6.45, 7) is 1.51. The number of halogens is 4. The highest BCUT2D eigenvalue weighted by Crippen LogP contribution is 2.28. The molecule has 0 aliphatic rings. The molecule has 0 saturated carbocycles. The SMILES string of the molecule is Cc1c(N)cc(C(=O)Nc2cc(Cl)c(F)c(Cl)c2)cc1F. The summed E-state index contributed by atoms with van der Waals surface area (Å²) in [5.74, 6) is -1.98. The Morgan fingerprint density at radius 3 is 2.24 bits per heavy atom. The third-order valence-corrected chi connectivity index (χ3v) is 3.44. The van der Waals surface area contributed by atoms with Crippen LogP contribution >= 0.6 is 23.2 Å². The van der Waals surface area contributed by atoms with E-state index in [4.69, 9.17) is 28.9 Å². The first-order valence-corrected chi connectivity index (χ1v) is 6.56. The van der Waals surface area contributed by atoms with E-state index in [9.17, 15) is 13.6 Å². The predicted octanol–water partition coefficient (Wildman–Crippen LogP) is 4.41. The van der Waals surface area contributed by atoms with Gasteiger partial charge in [0.05, 0.1) is 10.0 Å². The molecule has 0 aliphatic heterocycles. The van der Waals surface area contributed by atoms with E-state index in [2.05, 4.69) is 5.32 Å². The minimum atomic E-state index is -0.776. The second-order valence-corrected chi connectivity index (χ2v) is 5.19. The fraction of sp³-hybridized carbons (Fsp3) is 0.0714. The highest BCUT2D eigenvalue weighted by atomic mass is 35.5. The molecule has 21 heavy (non-hydrogen) atoms. The highest BCUT2D eigenvalue weighted by Gasteiger charge is 2.13. The van der Waals surface area contributed by atoms with Crippen LogP contribution in [-0.2, 0) is 0 Å². The summed E-state index contributed by atoms with van der Waals surface area (Å²) < 4.78 is 26.8. The Morgan fingerprint density at radius 2 is 1.71 bits per heavy atom. The van der Waals surface area contributed by atoms with Crippen LogP contribution in [0.1, 0.15) is 15.9 Å². The van der Waals surface area contributed by atoms with E-state index < -0.39 is 17.5 Å². The Morgan fingerprint density at radius 1 is 1.14 bits per heavy atom. The number of hydrogen-bond donors (Lipinski definition) is 2. The molecule has 0 aromatic heterocycles. The number of nitrogen functional groups attached to an aromatic ring is 1. The van der Waals surface area contributed by atoms with E-state index in [1.54, 1.807) is 0 Å². The van der Waals surface area contributed by atoms with Crippen LogP contribution in [0.3, 0.4) is 0 Å². The van der Waals surface area contributed by atoms with E-state index in [-0.39, 0.29) is 32.5 Å². The maximum atomic E-state index is 13.6. The summed E-state index contributed by atoms with van der Waals surface area (Å²) >= 11 is 11.3. The number of hydrogen-bond acceptors (Lipinski definition) is 2. The number of amides is 1. The van der Waals surface area contributed by atoms with Gasteiger partial charge in [-0.05, 0) is 31.2 Å². The molecule has 0 bridgehead atoms. The van der Waals surface area contributed by atoms with Gasteiger partial charge in [0.2, 0.25) is 0 Å². The van der Waals surface area contributed by atoms with Crippen molar-refractivity contribution in [3.8, 4) is 0 Å².